The lowest BCUT2D eigenvalue weighted by molar-refractivity contribution is -0.131. The van der Waals surface area contributed by atoms with Crippen molar-refractivity contribution in [3.63, 3.8) is 0 Å². The van der Waals surface area contributed by atoms with Gasteiger partial charge in [-0.15, -0.1) is 0 Å². The highest BCUT2D eigenvalue weighted by molar-refractivity contribution is 6.34. The van der Waals surface area contributed by atoms with E-state index in [2.05, 4.69) is 4.90 Å². The number of hydrogen-bond donors (Lipinski definition) is 0. The first-order valence-electron chi connectivity index (χ1n) is 13.0. The molecule has 0 unspecified atom stereocenters. The average Bonchev–Trinajstić information content (AvgIpc) is 3.22. The van der Waals surface area contributed by atoms with Crippen LogP contribution in [-0.2, 0) is 11.3 Å². The molecule has 3 amide bonds. The SMILES string of the molecule is Cc1cc(F)ccc1[C@H]1C[C@@H](N2CCN3C(=O)CC[C@@H]3C2)CCN1C(=O)N(C)Cc1cc(Cl)cc(Cl)c1. The number of likely N-dealkylation sites (tertiary alicyclic amines) is 1. The van der Waals surface area contributed by atoms with E-state index >= 15 is 0 Å². The molecule has 3 atom stereocenters. The summed E-state index contributed by atoms with van der Waals surface area (Å²) in [5.41, 5.74) is 2.69. The largest absolute Gasteiger partial charge is 0.337 e. The molecule has 2 aromatic rings. The zero-order chi connectivity index (χ0) is 26.3. The van der Waals surface area contributed by atoms with Crippen molar-refractivity contribution in [2.75, 3.05) is 33.2 Å². The second-order valence-corrected chi connectivity index (χ2v) is 11.5. The van der Waals surface area contributed by atoms with Crippen molar-refractivity contribution in [2.24, 2.45) is 0 Å². The molecule has 198 valence electrons. The number of amides is 3. The maximum Gasteiger partial charge on any atom is 0.320 e. The van der Waals surface area contributed by atoms with Crippen LogP contribution in [0.2, 0.25) is 10.0 Å². The van der Waals surface area contributed by atoms with Crippen LogP contribution in [0.4, 0.5) is 9.18 Å². The van der Waals surface area contributed by atoms with Crippen LogP contribution in [0.3, 0.4) is 0 Å². The summed E-state index contributed by atoms with van der Waals surface area (Å²) >= 11 is 12.3. The molecule has 37 heavy (non-hydrogen) atoms. The van der Waals surface area contributed by atoms with Crippen molar-refractivity contribution < 1.29 is 14.0 Å². The Balaban J connectivity index is 1.36. The van der Waals surface area contributed by atoms with Gasteiger partial charge in [-0.2, -0.15) is 0 Å². The second kappa shape index (κ2) is 10.8. The monoisotopic (exact) mass is 546 g/mol. The normalized spacial score (nSPS) is 24.4. The minimum Gasteiger partial charge on any atom is -0.337 e. The number of benzene rings is 2. The standard InChI is InChI=1S/C28H33Cl2FN4O2/c1-18-11-22(31)3-5-25(18)26-15-23(33-9-10-34-24(17-33)4-6-27(34)36)7-8-35(26)28(37)32(2)16-19-12-20(29)14-21(30)13-19/h3,5,11-14,23-24,26H,4,6-10,15-17H2,1-2H3/t23-,24+,26+/m0/s1. The molecular formula is C28H33Cl2FN4O2. The van der Waals surface area contributed by atoms with Crippen LogP contribution >= 0.6 is 23.2 Å². The summed E-state index contributed by atoms with van der Waals surface area (Å²) in [5.74, 6) is -0.00244. The molecule has 0 N–H and O–H groups in total. The van der Waals surface area contributed by atoms with Crippen LogP contribution in [-0.4, -0.2) is 76.8 Å². The van der Waals surface area contributed by atoms with E-state index in [1.54, 1.807) is 24.1 Å². The van der Waals surface area contributed by atoms with Gasteiger partial charge in [0.05, 0.1) is 6.04 Å². The molecule has 3 aliphatic heterocycles. The van der Waals surface area contributed by atoms with Gasteiger partial charge in [0, 0.05) is 68.3 Å². The summed E-state index contributed by atoms with van der Waals surface area (Å²) in [6.45, 7) is 5.40. The van der Waals surface area contributed by atoms with E-state index in [0.717, 1.165) is 55.6 Å². The first kappa shape index (κ1) is 26.3. The summed E-state index contributed by atoms with van der Waals surface area (Å²) in [7, 11) is 1.79. The second-order valence-electron chi connectivity index (χ2n) is 10.6. The molecule has 0 radical (unpaired) electrons. The number of rotatable bonds is 4. The van der Waals surface area contributed by atoms with E-state index in [0.29, 0.717) is 41.6 Å². The number of hydrogen-bond acceptors (Lipinski definition) is 3. The number of aryl methyl sites for hydroxylation is 1. The maximum atomic E-state index is 14.0. The Labute approximate surface area is 227 Å². The highest BCUT2D eigenvalue weighted by Gasteiger charge is 2.41. The Morgan fingerprint density at radius 1 is 1.05 bits per heavy atom. The molecule has 5 rings (SSSR count). The summed E-state index contributed by atoms with van der Waals surface area (Å²) < 4.78 is 14.0. The van der Waals surface area contributed by atoms with E-state index in [9.17, 15) is 14.0 Å². The van der Waals surface area contributed by atoms with Crippen LogP contribution in [0.5, 0.6) is 0 Å². The molecule has 0 aromatic heterocycles. The average molecular weight is 548 g/mol. The summed E-state index contributed by atoms with van der Waals surface area (Å²) in [6, 6.07) is 10.5. The number of piperidine rings is 1. The van der Waals surface area contributed by atoms with Crippen molar-refractivity contribution in [3.05, 3.63) is 69.0 Å². The van der Waals surface area contributed by atoms with Gasteiger partial charge in [-0.1, -0.05) is 29.3 Å². The van der Waals surface area contributed by atoms with Gasteiger partial charge < -0.3 is 14.7 Å². The summed E-state index contributed by atoms with van der Waals surface area (Å²) in [5, 5.41) is 1.07. The third kappa shape index (κ3) is 5.59. The van der Waals surface area contributed by atoms with Gasteiger partial charge in [-0.05, 0) is 73.2 Å². The summed E-state index contributed by atoms with van der Waals surface area (Å²) in [6.07, 6.45) is 3.20. The maximum absolute atomic E-state index is 14.0. The van der Waals surface area contributed by atoms with Gasteiger partial charge in [-0.3, -0.25) is 9.69 Å². The number of carbonyl (C=O) groups excluding carboxylic acids is 2. The minimum atomic E-state index is -0.275. The van der Waals surface area contributed by atoms with Crippen LogP contribution < -0.4 is 0 Å². The first-order chi connectivity index (χ1) is 17.7. The molecule has 3 heterocycles. The molecular weight excluding hydrogens is 514 g/mol. The fourth-order valence-electron chi connectivity index (χ4n) is 6.30. The van der Waals surface area contributed by atoms with E-state index < -0.39 is 0 Å². The molecule has 0 aliphatic carbocycles. The number of nitrogens with zero attached hydrogens (tertiary/aromatic N) is 4. The van der Waals surface area contributed by atoms with Crippen LogP contribution in [0.1, 0.15) is 48.4 Å². The molecule has 3 saturated heterocycles. The molecule has 3 fully saturated rings. The Hall–Kier alpha value is -2.35. The Kier molecular flexibility index (Phi) is 7.66. The Morgan fingerprint density at radius 3 is 2.54 bits per heavy atom. The topological polar surface area (TPSA) is 47.1 Å². The van der Waals surface area contributed by atoms with E-state index in [1.165, 1.54) is 6.07 Å². The molecule has 0 saturated carbocycles. The van der Waals surface area contributed by atoms with Crippen molar-refractivity contribution >= 4 is 35.1 Å². The predicted octanol–water partition coefficient (Wildman–Crippen LogP) is 5.51. The van der Waals surface area contributed by atoms with E-state index in [-0.39, 0.29) is 23.8 Å². The predicted molar refractivity (Wildman–Crippen MR) is 143 cm³/mol. The number of halogens is 3. The minimum absolute atomic E-state index is 0.0746. The van der Waals surface area contributed by atoms with Crippen LogP contribution in [0.15, 0.2) is 36.4 Å². The third-order valence-corrected chi connectivity index (χ3v) is 8.56. The van der Waals surface area contributed by atoms with Crippen LogP contribution in [0, 0.1) is 12.7 Å². The highest BCUT2D eigenvalue weighted by Crippen LogP contribution is 2.37. The smallest absolute Gasteiger partial charge is 0.320 e. The molecule has 9 heteroatoms. The molecule has 3 aliphatic rings. The van der Waals surface area contributed by atoms with Gasteiger partial charge in [0.1, 0.15) is 5.82 Å². The lowest BCUT2D eigenvalue weighted by Gasteiger charge is -2.48. The number of piperazine rings is 1. The highest BCUT2D eigenvalue weighted by atomic mass is 35.5. The van der Waals surface area contributed by atoms with Crippen molar-refractivity contribution in [2.45, 2.75) is 57.3 Å². The van der Waals surface area contributed by atoms with Crippen LogP contribution in [0.25, 0.3) is 0 Å². The van der Waals surface area contributed by atoms with E-state index in [4.69, 9.17) is 23.2 Å². The van der Waals surface area contributed by atoms with Crippen molar-refractivity contribution in [1.29, 1.82) is 0 Å². The van der Waals surface area contributed by atoms with E-state index in [1.807, 2.05) is 34.9 Å². The number of urea groups is 1. The molecule has 0 bridgehead atoms. The van der Waals surface area contributed by atoms with Gasteiger partial charge in [0.25, 0.3) is 0 Å². The lowest BCUT2D eigenvalue weighted by Crippen LogP contribution is -2.57. The molecule has 2 aromatic carbocycles. The Bertz CT molecular complexity index is 1170. The zero-order valence-corrected chi connectivity index (χ0v) is 22.8. The molecule has 6 nitrogen and oxygen atoms in total. The van der Waals surface area contributed by atoms with Gasteiger partial charge >= 0.3 is 6.03 Å². The van der Waals surface area contributed by atoms with Crippen molar-refractivity contribution in [1.82, 2.24) is 19.6 Å². The van der Waals surface area contributed by atoms with Gasteiger partial charge in [0.15, 0.2) is 0 Å². The van der Waals surface area contributed by atoms with Crippen molar-refractivity contribution in [3.8, 4) is 0 Å². The third-order valence-electron chi connectivity index (χ3n) is 8.12. The Morgan fingerprint density at radius 2 is 1.81 bits per heavy atom. The molecule has 0 spiro atoms. The van der Waals surface area contributed by atoms with Gasteiger partial charge in [0.2, 0.25) is 5.91 Å². The quantitative estimate of drug-likeness (QED) is 0.508. The number of fused-ring (bicyclic) bond motifs is 1. The lowest BCUT2D eigenvalue weighted by atomic mass is 9.88. The first-order valence-corrected chi connectivity index (χ1v) is 13.7. The fourth-order valence-corrected chi connectivity index (χ4v) is 6.87. The summed E-state index contributed by atoms with van der Waals surface area (Å²) in [4.78, 5) is 34.1. The zero-order valence-electron chi connectivity index (χ0n) is 21.3. The van der Waals surface area contributed by atoms with Gasteiger partial charge in [-0.25, -0.2) is 9.18 Å². The number of carbonyl (C=O) groups is 2. The fraction of sp³-hybridized carbons (Fsp3) is 0.500.